The van der Waals surface area contributed by atoms with E-state index in [1.807, 2.05) is 35.5 Å². The SMILES string of the molecule is CNCC1CCN(C(=O)c2cc(-c3cccs3)[nH]n2)CC1. The van der Waals surface area contributed by atoms with Gasteiger partial charge in [-0.25, -0.2) is 0 Å². The molecule has 0 bridgehead atoms. The predicted molar refractivity (Wildman–Crippen MR) is 84.5 cm³/mol. The van der Waals surface area contributed by atoms with E-state index >= 15 is 0 Å². The van der Waals surface area contributed by atoms with Gasteiger partial charge in [0.1, 0.15) is 0 Å². The number of likely N-dealkylation sites (tertiary alicyclic amines) is 1. The molecule has 6 heteroatoms. The molecule has 1 fully saturated rings. The maximum Gasteiger partial charge on any atom is 0.274 e. The molecule has 0 saturated carbocycles. The topological polar surface area (TPSA) is 61.0 Å². The highest BCUT2D eigenvalue weighted by Crippen LogP contribution is 2.24. The Bertz CT molecular complexity index is 585. The van der Waals surface area contributed by atoms with E-state index in [-0.39, 0.29) is 5.91 Å². The third-order valence-corrected chi connectivity index (χ3v) is 4.88. The van der Waals surface area contributed by atoms with Gasteiger partial charge in [-0.2, -0.15) is 5.10 Å². The Morgan fingerprint density at radius 1 is 1.52 bits per heavy atom. The molecule has 1 amide bonds. The summed E-state index contributed by atoms with van der Waals surface area (Å²) in [6, 6.07) is 5.87. The third-order valence-electron chi connectivity index (χ3n) is 3.98. The van der Waals surface area contributed by atoms with E-state index in [0.29, 0.717) is 11.6 Å². The lowest BCUT2D eigenvalue weighted by Gasteiger charge is -2.31. The van der Waals surface area contributed by atoms with Crippen LogP contribution in [0.4, 0.5) is 0 Å². The monoisotopic (exact) mass is 304 g/mol. The van der Waals surface area contributed by atoms with Gasteiger partial charge in [-0.3, -0.25) is 9.89 Å². The molecule has 2 aromatic rings. The van der Waals surface area contributed by atoms with Crippen LogP contribution >= 0.6 is 11.3 Å². The van der Waals surface area contributed by atoms with Crippen LogP contribution in [-0.4, -0.2) is 47.7 Å². The zero-order valence-electron chi connectivity index (χ0n) is 12.1. The van der Waals surface area contributed by atoms with E-state index in [9.17, 15) is 4.79 Å². The van der Waals surface area contributed by atoms with Gasteiger partial charge in [0, 0.05) is 13.1 Å². The van der Waals surface area contributed by atoms with Crippen molar-refractivity contribution in [1.29, 1.82) is 0 Å². The number of amides is 1. The van der Waals surface area contributed by atoms with Crippen molar-refractivity contribution >= 4 is 17.2 Å². The Morgan fingerprint density at radius 2 is 2.33 bits per heavy atom. The maximum atomic E-state index is 12.5. The van der Waals surface area contributed by atoms with E-state index in [1.165, 1.54) is 0 Å². The minimum Gasteiger partial charge on any atom is -0.337 e. The summed E-state index contributed by atoms with van der Waals surface area (Å²) in [6.07, 6.45) is 2.13. The maximum absolute atomic E-state index is 12.5. The summed E-state index contributed by atoms with van der Waals surface area (Å²) in [5.74, 6) is 0.719. The summed E-state index contributed by atoms with van der Waals surface area (Å²) in [6.45, 7) is 2.69. The van der Waals surface area contributed by atoms with Gasteiger partial charge in [0.15, 0.2) is 5.69 Å². The molecular weight excluding hydrogens is 284 g/mol. The second-order valence-electron chi connectivity index (χ2n) is 5.44. The number of rotatable bonds is 4. The molecule has 0 aliphatic carbocycles. The fourth-order valence-electron chi connectivity index (χ4n) is 2.78. The number of carbonyl (C=O) groups excluding carboxylic acids is 1. The van der Waals surface area contributed by atoms with E-state index in [4.69, 9.17) is 0 Å². The number of carbonyl (C=O) groups is 1. The first-order valence-electron chi connectivity index (χ1n) is 7.31. The summed E-state index contributed by atoms with van der Waals surface area (Å²) in [7, 11) is 1.98. The zero-order chi connectivity index (χ0) is 14.7. The van der Waals surface area contributed by atoms with Gasteiger partial charge in [-0.15, -0.1) is 11.3 Å². The molecule has 0 radical (unpaired) electrons. The molecule has 0 atom stereocenters. The van der Waals surface area contributed by atoms with Crippen molar-refractivity contribution in [2.45, 2.75) is 12.8 Å². The lowest BCUT2D eigenvalue weighted by molar-refractivity contribution is 0.0685. The summed E-state index contributed by atoms with van der Waals surface area (Å²) in [5.41, 5.74) is 1.43. The van der Waals surface area contributed by atoms with Crippen LogP contribution in [0.5, 0.6) is 0 Å². The van der Waals surface area contributed by atoms with Crippen LogP contribution in [0, 0.1) is 5.92 Å². The molecule has 0 spiro atoms. The highest BCUT2D eigenvalue weighted by molar-refractivity contribution is 7.13. The van der Waals surface area contributed by atoms with Crippen LogP contribution in [0.1, 0.15) is 23.3 Å². The number of nitrogens with one attached hydrogen (secondary N) is 2. The molecule has 0 unspecified atom stereocenters. The Balaban J connectivity index is 1.64. The molecule has 3 rings (SSSR count). The van der Waals surface area contributed by atoms with Gasteiger partial charge < -0.3 is 10.2 Å². The molecular formula is C15H20N4OS. The molecule has 2 N–H and O–H groups in total. The molecule has 2 aromatic heterocycles. The average Bonchev–Trinajstić information content (AvgIpc) is 3.19. The molecule has 112 valence electrons. The first kappa shape index (κ1) is 14.3. The fourth-order valence-corrected chi connectivity index (χ4v) is 3.47. The minimum absolute atomic E-state index is 0.0389. The van der Waals surface area contributed by atoms with Crippen LogP contribution < -0.4 is 5.32 Å². The largest absolute Gasteiger partial charge is 0.337 e. The summed E-state index contributed by atoms with van der Waals surface area (Å²) >= 11 is 1.64. The molecule has 21 heavy (non-hydrogen) atoms. The molecule has 1 aliphatic rings. The first-order chi connectivity index (χ1) is 10.3. The van der Waals surface area contributed by atoms with Crippen molar-refractivity contribution in [3.63, 3.8) is 0 Å². The predicted octanol–water partition coefficient (Wildman–Crippen LogP) is 2.21. The number of piperidine rings is 1. The number of nitrogens with zero attached hydrogens (tertiary/aromatic N) is 2. The quantitative estimate of drug-likeness (QED) is 0.910. The molecule has 1 aliphatic heterocycles. The Kier molecular flexibility index (Phi) is 4.36. The number of hydrogen-bond donors (Lipinski definition) is 2. The van der Waals surface area contributed by atoms with Gasteiger partial charge in [-0.05, 0) is 49.9 Å². The lowest BCUT2D eigenvalue weighted by atomic mass is 9.96. The smallest absolute Gasteiger partial charge is 0.274 e. The number of H-pyrrole nitrogens is 1. The van der Waals surface area contributed by atoms with Gasteiger partial charge >= 0.3 is 0 Å². The van der Waals surface area contributed by atoms with Crippen molar-refractivity contribution in [2.24, 2.45) is 5.92 Å². The second kappa shape index (κ2) is 6.41. The normalized spacial score (nSPS) is 16.3. The molecule has 1 saturated heterocycles. The highest BCUT2D eigenvalue weighted by atomic mass is 32.1. The van der Waals surface area contributed by atoms with Gasteiger partial charge in [-0.1, -0.05) is 6.07 Å². The zero-order valence-corrected chi connectivity index (χ0v) is 12.9. The second-order valence-corrected chi connectivity index (χ2v) is 6.39. The molecule has 0 aromatic carbocycles. The number of thiophene rings is 1. The number of aromatic nitrogens is 2. The van der Waals surface area contributed by atoms with Crippen molar-refractivity contribution in [1.82, 2.24) is 20.4 Å². The van der Waals surface area contributed by atoms with Crippen LogP contribution in [0.2, 0.25) is 0 Å². The highest BCUT2D eigenvalue weighted by Gasteiger charge is 2.24. The summed E-state index contributed by atoms with van der Waals surface area (Å²) in [5, 5.41) is 12.4. The Labute approximate surface area is 128 Å². The van der Waals surface area contributed by atoms with Crippen molar-refractivity contribution in [2.75, 3.05) is 26.7 Å². The molecule has 5 nitrogen and oxygen atoms in total. The van der Waals surface area contributed by atoms with Gasteiger partial charge in [0.05, 0.1) is 10.6 Å². The lowest BCUT2D eigenvalue weighted by Crippen LogP contribution is -2.40. The summed E-state index contributed by atoms with van der Waals surface area (Å²) in [4.78, 5) is 15.5. The molecule has 3 heterocycles. The van der Waals surface area contributed by atoms with Crippen LogP contribution in [-0.2, 0) is 0 Å². The van der Waals surface area contributed by atoms with Gasteiger partial charge in [0.2, 0.25) is 0 Å². The van der Waals surface area contributed by atoms with Crippen molar-refractivity contribution in [3.05, 3.63) is 29.3 Å². The van der Waals surface area contributed by atoms with Crippen LogP contribution in [0.15, 0.2) is 23.6 Å². The van der Waals surface area contributed by atoms with Gasteiger partial charge in [0.25, 0.3) is 5.91 Å². The minimum atomic E-state index is 0.0389. The fraction of sp³-hybridized carbons (Fsp3) is 0.467. The standard InChI is InChI=1S/C15H20N4OS/c1-16-10-11-4-6-19(7-5-11)15(20)13-9-12(17-18-13)14-3-2-8-21-14/h2-3,8-9,11,16H,4-7,10H2,1H3,(H,17,18). The first-order valence-corrected chi connectivity index (χ1v) is 8.19. The van der Waals surface area contributed by atoms with Crippen LogP contribution in [0.25, 0.3) is 10.6 Å². The number of hydrogen-bond acceptors (Lipinski definition) is 4. The van der Waals surface area contributed by atoms with Crippen molar-refractivity contribution < 1.29 is 4.79 Å². The number of aromatic amines is 1. The van der Waals surface area contributed by atoms with E-state index in [0.717, 1.165) is 43.0 Å². The summed E-state index contributed by atoms with van der Waals surface area (Å²) < 4.78 is 0. The Morgan fingerprint density at radius 3 is 3.00 bits per heavy atom. The van der Waals surface area contributed by atoms with Crippen LogP contribution in [0.3, 0.4) is 0 Å². The van der Waals surface area contributed by atoms with E-state index in [1.54, 1.807) is 11.3 Å². The Hall–Kier alpha value is -1.66. The third kappa shape index (κ3) is 3.16. The van der Waals surface area contributed by atoms with Crippen molar-refractivity contribution in [3.8, 4) is 10.6 Å². The average molecular weight is 304 g/mol. The van der Waals surface area contributed by atoms with E-state index in [2.05, 4.69) is 15.5 Å². The van der Waals surface area contributed by atoms with E-state index < -0.39 is 0 Å².